The number of benzene rings is 1. The van der Waals surface area contributed by atoms with E-state index in [1.807, 2.05) is 13.0 Å². The van der Waals surface area contributed by atoms with E-state index in [2.05, 4.69) is 0 Å². The molecule has 0 atom stereocenters. The Hall–Kier alpha value is -1.28. The normalized spacial score (nSPS) is 11.7. The highest BCUT2D eigenvalue weighted by atomic mass is 16.3. The Kier molecular flexibility index (Phi) is 2.88. The number of aliphatic hydroxyl groups excluding tert-OH is 1. The van der Waals surface area contributed by atoms with Gasteiger partial charge in [0.05, 0.1) is 6.61 Å². The summed E-state index contributed by atoms with van der Waals surface area (Å²) in [5, 5.41) is 18.1. The molecule has 0 unspecified atom stereocenters. The highest BCUT2D eigenvalue weighted by Gasteiger charge is 1.95. The lowest BCUT2D eigenvalue weighted by molar-refractivity contribution is 0.332. The predicted molar refractivity (Wildman–Crippen MR) is 48.8 cm³/mol. The first-order chi connectivity index (χ1) is 5.74. The van der Waals surface area contributed by atoms with E-state index < -0.39 is 0 Å². The fraction of sp³-hybridized carbons (Fsp3) is 0.200. The largest absolute Gasteiger partial charge is 0.507 e. The van der Waals surface area contributed by atoms with Crippen LogP contribution in [0.4, 0.5) is 0 Å². The molecule has 1 rings (SSSR count). The zero-order valence-corrected chi connectivity index (χ0v) is 6.99. The maximum Gasteiger partial charge on any atom is 0.122 e. The molecular weight excluding hydrogens is 152 g/mol. The Balaban J connectivity index is 2.96. The molecule has 1 aromatic carbocycles. The third kappa shape index (κ3) is 2.10. The van der Waals surface area contributed by atoms with Gasteiger partial charge in [0.25, 0.3) is 0 Å². The van der Waals surface area contributed by atoms with Crippen molar-refractivity contribution in [1.29, 1.82) is 0 Å². The van der Waals surface area contributed by atoms with E-state index in [1.165, 1.54) is 0 Å². The number of rotatable bonds is 2. The smallest absolute Gasteiger partial charge is 0.122 e. The molecule has 12 heavy (non-hydrogen) atoms. The first kappa shape index (κ1) is 8.81. The molecule has 0 heterocycles. The second-order valence-electron chi connectivity index (χ2n) is 2.71. The van der Waals surface area contributed by atoms with Crippen LogP contribution in [0.25, 0.3) is 6.08 Å². The third-order valence-electron chi connectivity index (χ3n) is 1.59. The van der Waals surface area contributed by atoms with Gasteiger partial charge in [-0.2, -0.15) is 0 Å². The Morgan fingerprint density at radius 3 is 2.67 bits per heavy atom. The Labute approximate surface area is 71.8 Å². The molecule has 2 N–H and O–H groups in total. The minimum atomic E-state index is 0.0222. The summed E-state index contributed by atoms with van der Waals surface area (Å²) in [6.45, 7) is 1.83. The Bertz CT molecular complexity index is 290. The topological polar surface area (TPSA) is 40.5 Å². The minimum absolute atomic E-state index is 0.0222. The molecule has 0 saturated carbocycles. The number of para-hydroxylation sites is 1. The van der Waals surface area contributed by atoms with Crippen LogP contribution in [0.15, 0.2) is 29.8 Å². The lowest BCUT2D eigenvalue weighted by Gasteiger charge is -1.99. The molecule has 64 valence electrons. The van der Waals surface area contributed by atoms with Crippen molar-refractivity contribution in [3.63, 3.8) is 0 Å². The fourth-order valence-electron chi connectivity index (χ4n) is 0.921. The van der Waals surface area contributed by atoms with Gasteiger partial charge < -0.3 is 10.2 Å². The van der Waals surface area contributed by atoms with Crippen LogP contribution in [0, 0.1) is 0 Å². The van der Waals surface area contributed by atoms with Crippen molar-refractivity contribution < 1.29 is 10.2 Å². The van der Waals surface area contributed by atoms with Crippen LogP contribution in [0.3, 0.4) is 0 Å². The standard InChI is InChI=1S/C10H12O2/c1-8(7-11)6-9-4-2-3-5-10(9)12/h2-6,11-12H,7H2,1H3/b8-6+. The Morgan fingerprint density at radius 1 is 1.42 bits per heavy atom. The summed E-state index contributed by atoms with van der Waals surface area (Å²) in [6.07, 6.45) is 1.76. The van der Waals surface area contributed by atoms with Crippen LogP contribution in [-0.2, 0) is 0 Å². The molecule has 0 radical (unpaired) electrons. The third-order valence-corrected chi connectivity index (χ3v) is 1.59. The quantitative estimate of drug-likeness (QED) is 0.699. The summed E-state index contributed by atoms with van der Waals surface area (Å²) < 4.78 is 0. The molecule has 0 fully saturated rings. The molecule has 0 bridgehead atoms. The first-order valence-corrected chi connectivity index (χ1v) is 3.80. The number of aliphatic hydroxyl groups is 1. The first-order valence-electron chi connectivity index (χ1n) is 3.80. The average molecular weight is 164 g/mol. The summed E-state index contributed by atoms with van der Waals surface area (Å²) in [7, 11) is 0. The number of hydrogen-bond donors (Lipinski definition) is 2. The van der Waals surface area contributed by atoms with E-state index in [-0.39, 0.29) is 12.4 Å². The number of phenolic OH excluding ortho intramolecular Hbond substituents is 1. The second-order valence-corrected chi connectivity index (χ2v) is 2.71. The van der Waals surface area contributed by atoms with Crippen molar-refractivity contribution in [3.8, 4) is 5.75 Å². The van der Waals surface area contributed by atoms with Crippen LogP contribution in [-0.4, -0.2) is 16.8 Å². The molecule has 0 aliphatic rings. The molecule has 2 heteroatoms. The van der Waals surface area contributed by atoms with Gasteiger partial charge in [-0.05, 0) is 18.6 Å². The van der Waals surface area contributed by atoms with Crippen LogP contribution >= 0.6 is 0 Å². The van der Waals surface area contributed by atoms with E-state index in [4.69, 9.17) is 5.11 Å². The van der Waals surface area contributed by atoms with E-state index >= 15 is 0 Å². The van der Waals surface area contributed by atoms with Crippen molar-refractivity contribution in [3.05, 3.63) is 35.4 Å². The summed E-state index contributed by atoms with van der Waals surface area (Å²) >= 11 is 0. The van der Waals surface area contributed by atoms with Gasteiger partial charge in [-0.15, -0.1) is 0 Å². The number of hydrogen-bond acceptors (Lipinski definition) is 2. The predicted octanol–water partition coefficient (Wildman–Crippen LogP) is 1.79. The second kappa shape index (κ2) is 3.93. The van der Waals surface area contributed by atoms with Gasteiger partial charge in [0.1, 0.15) is 5.75 Å². The van der Waals surface area contributed by atoms with Crippen LogP contribution in [0.2, 0.25) is 0 Å². The van der Waals surface area contributed by atoms with Gasteiger partial charge in [-0.1, -0.05) is 24.3 Å². The summed E-state index contributed by atoms with van der Waals surface area (Å²) in [6, 6.07) is 7.03. The summed E-state index contributed by atoms with van der Waals surface area (Å²) in [5.74, 6) is 0.241. The molecule has 0 aliphatic heterocycles. The highest BCUT2D eigenvalue weighted by Crippen LogP contribution is 2.18. The lowest BCUT2D eigenvalue weighted by atomic mass is 10.1. The molecular formula is C10H12O2. The van der Waals surface area contributed by atoms with E-state index in [0.717, 1.165) is 11.1 Å². The van der Waals surface area contributed by atoms with Gasteiger partial charge in [-0.3, -0.25) is 0 Å². The molecule has 0 saturated heterocycles. The van der Waals surface area contributed by atoms with E-state index in [9.17, 15) is 5.11 Å². The zero-order valence-electron chi connectivity index (χ0n) is 6.99. The lowest BCUT2D eigenvalue weighted by Crippen LogP contribution is -1.83. The number of phenols is 1. The van der Waals surface area contributed by atoms with Crippen molar-refractivity contribution in [2.75, 3.05) is 6.61 Å². The van der Waals surface area contributed by atoms with Gasteiger partial charge in [0.15, 0.2) is 0 Å². The Morgan fingerprint density at radius 2 is 2.08 bits per heavy atom. The molecule has 0 aliphatic carbocycles. The van der Waals surface area contributed by atoms with Crippen LogP contribution in [0.1, 0.15) is 12.5 Å². The van der Waals surface area contributed by atoms with E-state index in [1.54, 1.807) is 24.3 Å². The maximum atomic E-state index is 9.33. The average Bonchev–Trinajstić information content (AvgIpc) is 2.09. The van der Waals surface area contributed by atoms with Crippen LogP contribution in [0.5, 0.6) is 5.75 Å². The maximum absolute atomic E-state index is 9.33. The van der Waals surface area contributed by atoms with Gasteiger partial charge in [-0.25, -0.2) is 0 Å². The fourth-order valence-corrected chi connectivity index (χ4v) is 0.921. The van der Waals surface area contributed by atoms with Crippen molar-refractivity contribution in [2.45, 2.75) is 6.92 Å². The molecule has 0 amide bonds. The molecule has 2 nitrogen and oxygen atoms in total. The van der Waals surface area contributed by atoms with Crippen molar-refractivity contribution in [2.24, 2.45) is 0 Å². The van der Waals surface area contributed by atoms with Gasteiger partial charge >= 0.3 is 0 Å². The summed E-state index contributed by atoms with van der Waals surface area (Å²) in [4.78, 5) is 0. The minimum Gasteiger partial charge on any atom is -0.507 e. The summed E-state index contributed by atoms with van der Waals surface area (Å²) in [5.41, 5.74) is 1.57. The SMILES string of the molecule is C/C(=C\c1ccccc1O)CO. The molecule has 0 spiro atoms. The van der Waals surface area contributed by atoms with Gasteiger partial charge in [0.2, 0.25) is 0 Å². The van der Waals surface area contributed by atoms with Crippen molar-refractivity contribution >= 4 is 6.08 Å². The van der Waals surface area contributed by atoms with Gasteiger partial charge in [0, 0.05) is 5.56 Å². The van der Waals surface area contributed by atoms with E-state index in [0.29, 0.717) is 0 Å². The number of aromatic hydroxyl groups is 1. The van der Waals surface area contributed by atoms with Crippen LogP contribution < -0.4 is 0 Å². The monoisotopic (exact) mass is 164 g/mol. The molecule has 1 aromatic rings. The highest BCUT2D eigenvalue weighted by molar-refractivity contribution is 5.58. The zero-order chi connectivity index (χ0) is 8.97. The molecule has 0 aromatic heterocycles. The van der Waals surface area contributed by atoms with Crippen molar-refractivity contribution in [1.82, 2.24) is 0 Å².